The fourth-order valence-corrected chi connectivity index (χ4v) is 2.13. The van der Waals surface area contributed by atoms with E-state index in [9.17, 15) is 0 Å². The van der Waals surface area contributed by atoms with E-state index in [0.717, 1.165) is 11.7 Å². The largest absolute Gasteiger partial charge is 0.368 e. The number of hydrogen-bond acceptors (Lipinski definition) is 2. The predicted octanol–water partition coefficient (Wildman–Crippen LogP) is 2.40. The molecule has 2 unspecified atom stereocenters. The summed E-state index contributed by atoms with van der Waals surface area (Å²) in [5.41, 5.74) is 0. The van der Waals surface area contributed by atoms with Gasteiger partial charge in [-0.2, -0.15) is 5.10 Å². The molecule has 0 bridgehead atoms. The van der Waals surface area contributed by atoms with Gasteiger partial charge in [-0.05, 0) is 31.2 Å². The predicted molar refractivity (Wildman–Crippen MR) is 53.6 cm³/mol. The molecule has 1 fully saturated rings. The second-order valence-corrected chi connectivity index (χ2v) is 3.90. The Hall–Kier alpha value is -0.990. The molecule has 0 aliphatic heterocycles. The Kier molecular flexibility index (Phi) is 2.52. The first-order chi connectivity index (χ1) is 6.38. The lowest BCUT2D eigenvalue weighted by atomic mass is 10.1. The normalized spacial score (nSPS) is 27.8. The van der Waals surface area contributed by atoms with Crippen molar-refractivity contribution in [2.75, 3.05) is 5.32 Å². The van der Waals surface area contributed by atoms with Crippen molar-refractivity contribution in [3.63, 3.8) is 0 Å². The highest BCUT2D eigenvalue weighted by Gasteiger charge is 2.22. The molecule has 0 saturated heterocycles. The molecule has 2 N–H and O–H groups in total. The van der Waals surface area contributed by atoms with Crippen molar-refractivity contribution < 1.29 is 0 Å². The number of H-pyrrole nitrogens is 1. The Bertz CT molecular complexity index is 243. The molecular formula is C10H17N3. The third kappa shape index (κ3) is 2.02. The average Bonchev–Trinajstić information content (AvgIpc) is 2.76. The fourth-order valence-electron chi connectivity index (χ4n) is 2.13. The zero-order chi connectivity index (χ0) is 9.10. The Morgan fingerprint density at radius 2 is 2.54 bits per heavy atom. The van der Waals surface area contributed by atoms with Gasteiger partial charge in [0, 0.05) is 6.04 Å². The molecule has 0 amide bonds. The fraction of sp³-hybridized carbons (Fsp3) is 0.700. The Labute approximate surface area is 78.9 Å². The van der Waals surface area contributed by atoms with Gasteiger partial charge in [-0.15, -0.1) is 0 Å². The van der Waals surface area contributed by atoms with E-state index in [2.05, 4.69) is 22.4 Å². The average molecular weight is 179 g/mol. The second kappa shape index (κ2) is 3.81. The number of aromatic amines is 1. The number of nitrogens with zero attached hydrogens (tertiary/aromatic N) is 1. The highest BCUT2D eigenvalue weighted by Crippen LogP contribution is 2.29. The van der Waals surface area contributed by atoms with Crippen LogP contribution in [0.1, 0.15) is 32.6 Å². The summed E-state index contributed by atoms with van der Waals surface area (Å²) in [6.45, 7) is 2.28. The SMILES string of the molecule is CCC1CCC(Nc2ccn[nH]2)C1. The minimum Gasteiger partial charge on any atom is -0.368 e. The van der Waals surface area contributed by atoms with Crippen molar-refractivity contribution in [3.8, 4) is 0 Å². The van der Waals surface area contributed by atoms with Gasteiger partial charge >= 0.3 is 0 Å². The van der Waals surface area contributed by atoms with Gasteiger partial charge in [0.2, 0.25) is 0 Å². The van der Waals surface area contributed by atoms with E-state index in [1.807, 2.05) is 6.07 Å². The molecule has 1 aliphatic rings. The van der Waals surface area contributed by atoms with Crippen molar-refractivity contribution in [1.29, 1.82) is 0 Å². The van der Waals surface area contributed by atoms with E-state index in [1.165, 1.54) is 25.7 Å². The smallest absolute Gasteiger partial charge is 0.121 e. The molecule has 1 heterocycles. The first-order valence-corrected chi connectivity index (χ1v) is 5.14. The van der Waals surface area contributed by atoms with E-state index in [4.69, 9.17) is 0 Å². The minimum atomic E-state index is 0.658. The van der Waals surface area contributed by atoms with Crippen LogP contribution in [-0.4, -0.2) is 16.2 Å². The van der Waals surface area contributed by atoms with Gasteiger partial charge in [0.15, 0.2) is 0 Å². The summed E-state index contributed by atoms with van der Waals surface area (Å²) in [4.78, 5) is 0. The minimum absolute atomic E-state index is 0.658. The van der Waals surface area contributed by atoms with Gasteiger partial charge in [-0.25, -0.2) is 0 Å². The van der Waals surface area contributed by atoms with Crippen LogP contribution in [0, 0.1) is 5.92 Å². The molecule has 1 aromatic rings. The summed E-state index contributed by atoms with van der Waals surface area (Å²) in [5.74, 6) is 1.99. The third-order valence-corrected chi connectivity index (χ3v) is 2.98. The van der Waals surface area contributed by atoms with Crippen molar-refractivity contribution in [1.82, 2.24) is 10.2 Å². The van der Waals surface area contributed by atoms with Crippen LogP contribution in [0.25, 0.3) is 0 Å². The summed E-state index contributed by atoms with van der Waals surface area (Å²) in [6, 6.07) is 2.64. The molecule has 3 heteroatoms. The first-order valence-electron chi connectivity index (χ1n) is 5.14. The second-order valence-electron chi connectivity index (χ2n) is 3.90. The summed E-state index contributed by atoms with van der Waals surface area (Å²) in [7, 11) is 0. The van der Waals surface area contributed by atoms with Gasteiger partial charge in [0.05, 0.1) is 6.20 Å². The van der Waals surface area contributed by atoms with E-state index >= 15 is 0 Å². The Morgan fingerprint density at radius 3 is 3.15 bits per heavy atom. The maximum absolute atomic E-state index is 3.92. The van der Waals surface area contributed by atoms with Crippen molar-refractivity contribution in [3.05, 3.63) is 12.3 Å². The lowest BCUT2D eigenvalue weighted by molar-refractivity contribution is 0.524. The van der Waals surface area contributed by atoms with E-state index in [0.29, 0.717) is 6.04 Å². The maximum atomic E-state index is 3.92. The summed E-state index contributed by atoms with van der Waals surface area (Å²) >= 11 is 0. The quantitative estimate of drug-likeness (QED) is 0.748. The number of aromatic nitrogens is 2. The summed E-state index contributed by atoms with van der Waals surface area (Å²) < 4.78 is 0. The highest BCUT2D eigenvalue weighted by atomic mass is 15.2. The van der Waals surface area contributed by atoms with Crippen molar-refractivity contribution in [2.45, 2.75) is 38.6 Å². The lowest BCUT2D eigenvalue weighted by Crippen LogP contribution is -2.15. The van der Waals surface area contributed by atoms with Gasteiger partial charge in [-0.3, -0.25) is 5.10 Å². The molecule has 0 radical (unpaired) electrons. The monoisotopic (exact) mass is 179 g/mol. The molecule has 72 valence electrons. The van der Waals surface area contributed by atoms with Crippen LogP contribution >= 0.6 is 0 Å². The molecule has 2 rings (SSSR count). The molecular weight excluding hydrogens is 162 g/mol. The number of rotatable bonds is 3. The number of anilines is 1. The van der Waals surface area contributed by atoms with Crippen LogP contribution in [0.3, 0.4) is 0 Å². The van der Waals surface area contributed by atoms with Crippen LogP contribution in [0.4, 0.5) is 5.82 Å². The standard InChI is InChI=1S/C10H17N3/c1-2-8-3-4-9(7-8)12-10-5-6-11-13-10/h5-6,8-9H,2-4,7H2,1H3,(H2,11,12,13). The van der Waals surface area contributed by atoms with Gasteiger partial charge in [0.25, 0.3) is 0 Å². The van der Waals surface area contributed by atoms with E-state index in [1.54, 1.807) is 6.20 Å². The van der Waals surface area contributed by atoms with Crippen LogP contribution in [0.15, 0.2) is 12.3 Å². The van der Waals surface area contributed by atoms with Crippen molar-refractivity contribution in [2.24, 2.45) is 5.92 Å². The maximum Gasteiger partial charge on any atom is 0.121 e. The van der Waals surface area contributed by atoms with E-state index < -0.39 is 0 Å². The van der Waals surface area contributed by atoms with Crippen LogP contribution < -0.4 is 5.32 Å². The zero-order valence-electron chi connectivity index (χ0n) is 8.09. The Morgan fingerprint density at radius 1 is 1.62 bits per heavy atom. The molecule has 3 nitrogen and oxygen atoms in total. The molecule has 0 spiro atoms. The number of nitrogens with one attached hydrogen (secondary N) is 2. The van der Waals surface area contributed by atoms with E-state index in [-0.39, 0.29) is 0 Å². The Balaban J connectivity index is 1.84. The van der Waals surface area contributed by atoms with Crippen LogP contribution in [-0.2, 0) is 0 Å². The van der Waals surface area contributed by atoms with Gasteiger partial charge in [0.1, 0.15) is 5.82 Å². The summed E-state index contributed by atoms with van der Waals surface area (Å²) in [5, 5.41) is 10.3. The molecule has 1 saturated carbocycles. The highest BCUT2D eigenvalue weighted by molar-refractivity contribution is 5.33. The first kappa shape index (κ1) is 8.60. The third-order valence-electron chi connectivity index (χ3n) is 2.98. The lowest BCUT2D eigenvalue weighted by Gasteiger charge is -2.11. The van der Waals surface area contributed by atoms with Gasteiger partial charge < -0.3 is 5.32 Å². The molecule has 0 aromatic carbocycles. The topological polar surface area (TPSA) is 40.7 Å². The van der Waals surface area contributed by atoms with Gasteiger partial charge in [-0.1, -0.05) is 13.3 Å². The molecule has 1 aromatic heterocycles. The van der Waals surface area contributed by atoms with Crippen LogP contribution in [0.2, 0.25) is 0 Å². The molecule has 1 aliphatic carbocycles. The molecule has 2 atom stereocenters. The molecule has 13 heavy (non-hydrogen) atoms. The zero-order valence-corrected chi connectivity index (χ0v) is 8.09. The van der Waals surface area contributed by atoms with Crippen molar-refractivity contribution >= 4 is 5.82 Å². The van der Waals surface area contributed by atoms with Crippen LogP contribution in [0.5, 0.6) is 0 Å². The number of hydrogen-bond donors (Lipinski definition) is 2. The summed E-state index contributed by atoms with van der Waals surface area (Å²) in [6.07, 6.45) is 7.10.